The molecule has 0 aromatic carbocycles. The number of carboxylic acid groups (broad SMARTS) is 2. The van der Waals surface area contributed by atoms with E-state index in [1.54, 1.807) is 0 Å². The summed E-state index contributed by atoms with van der Waals surface area (Å²) in [6, 6.07) is 0. The zero-order valence-corrected chi connectivity index (χ0v) is 4.71. The number of carbonyl (C=O) groups is 3. The van der Waals surface area contributed by atoms with Gasteiger partial charge in [-0.25, -0.2) is 5.26 Å². The third kappa shape index (κ3) is 10900000. The molecule has 0 aliphatic carbocycles. The summed E-state index contributed by atoms with van der Waals surface area (Å²) in [4.78, 5) is 28.3. The topological polar surface area (TPSA) is 121 Å². The van der Waals surface area contributed by atoms with E-state index in [1.165, 1.54) is 0 Å². The summed E-state index contributed by atoms with van der Waals surface area (Å²) in [7, 11) is 0. The summed E-state index contributed by atoms with van der Waals surface area (Å²) in [5.74, 6) is 0. The second-order valence-corrected chi connectivity index (χ2v) is 0.412. The third-order valence-corrected chi connectivity index (χ3v) is 0.0430. The molecular formula is C3H9GaO7. The van der Waals surface area contributed by atoms with E-state index in [4.69, 9.17) is 29.9 Å². The Morgan fingerprint density at radius 2 is 1.09 bits per heavy atom. The van der Waals surface area contributed by atoms with E-state index in [2.05, 4.69) is 4.89 Å². The molecule has 0 heterocycles. The minimum atomic E-state index is -0.250. The second-order valence-electron chi connectivity index (χ2n) is 0.412. The van der Waals surface area contributed by atoms with Crippen LogP contribution in [0, 0.1) is 0 Å². The van der Waals surface area contributed by atoms with Crippen LogP contribution in [0.2, 0.25) is 0 Å². The molecule has 0 amide bonds. The van der Waals surface area contributed by atoms with E-state index in [-0.39, 0.29) is 39.2 Å². The number of rotatable bonds is 1. The van der Waals surface area contributed by atoms with Gasteiger partial charge in [0, 0.05) is 0 Å². The van der Waals surface area contributed by atoms with Gasteiger partial charge in [0.1, 0.15) is 0 Å². The van der Waals surface area contributed by atoms with Crippen molar-refractivity contribution in [3.05, 3.63) is 0 Å². The molecule has 0 aromatic rings. The molecule has 8 heteroatoms. The molecule has 0 fully saturated rings. The Kier molecular flexibility index (Phi) is 131. The molecule has 0 aliphatic rings. The van der Waals surface area contributed by atoms with Crippen molar-refractivity contribution < 1.29 is 34.7 Å². The van der Waals surface area contributed by atoms with Gasteiger partial charge in [-0.15, -0.1) is 0 Å². The number of hydrogen-bond acceptors (Lipinski definition) is 5. The van der Waals surface area contributed by atoms with E-state index in [9.17, 15) is 0 Å². The molecule has 0 spiro atoms. The summed E-state index contributed by atoms with van der Waals surface area (Å²) in [5.41, 5.74) is 0. The van der Waals surface area contributed by atoms with Crippen molar-refractivity contribution in [1.82, 2.24) is 0 Å². The first-order valence-corrected chi connectivity index (χ1v) is 1.64. The minimum absolute atomic E-state index is 0. The van der Waals surface area contributed by atoms with Gasteiger partial charge in [-0.1, -0.05) is 0 Å². The van der Waals surface area contributed by atoms with Gasteiger partial charge in [-0.2, -0.15) is 0 Å². The van der Waals surface area contributed by atoms with Crippen LogP contribution >= 0.6 is 0 Å². The van der Waals surface area contributed by atoms with E-state index in [0.717, 1.165) is 0 Å². The fraction of sp³-hybridized carbons (Fsp3) is 0. The average Bonchev–Trinajstić information content (AvgIpc) is 1.91. The monoisotopic (exact) mass is 226 g/mol. The molecule has 7 nitrogen and oxygen atoms in total. The Labute approximate surface area is 74.6 Å². The van der Waals surface area contributed by atoms with Gasteiger partial charge in [-0.3, -0.25) is 14.4 Å². The van der Waals surface area contributed by atoms with Gasteiger partial charge in [0.2, 0.25) is 0 Å². The van der Waals surface area contributed by atoms with Crippen LogP contribution in [0.1, 0.15) is 0 Å². The molecule has 66 valence electrons. The van der Waals surface area contributed by atoms with Crippen LogP contribution in [0.4, 0.5) is 0 Å². The van der Waals surface area contributed by atoms with Crippen LogP contribution in [0.3, 0.4) is 0 Å². The number of carbonyl (C=O) groups excluding carboxylic acids is 1. The van der Waals surface area contributed by atoms with Crippen molar-refractivity contribution in [3.8, 4) is 0 Å². The molecule has 0 aromatic heterocycles. The van der Waals surface area contributed by atoms with Crippen molar-refractivity contribution in [2.75, 3.05) is 0 Å². The summed E-state index contributed by atoms with van der Waals surface area (Å²) >= 11 is 0. The normalized spacial score (nSPS) is 4.09. The quantitative estimate of drug-likeness (QED) is 0.202. The Hall–Kier alpha value is -0.994. The average molecular weight is 227 g/mol. The zero-order chi connectivity index (χ0) is 8.83. The van der Waals surface area contributed by atoms with Gasteiger partial charge in [-0.05, 0) is 0 Å². The molecule has 3 N–H and O–H groups in total. The summed E-state index contributed by atoms with van der Waals surface area (Å²) in [5, 5.41) is 20.8. The Morgan fingerprint density at radius 1 is 1.00 bits per heavy atom. The molecule has 0 saturated heterocycles. The van der Waals surface area contributed by atoms with E-state index >= 15 is 0 Å². The van der Waals surface area contributed by atoms with Crippen LogP contribution < -0.4 is 0 Å². The Morgan fingerprint density at radius 3 is 1.09 bits per heavy atom. The summed E-state index contributed by atoms with van der Waals surface area (Å²) < 4.78 is 0. The van der Waals surface area contributed by atoms with Crippen LogP contribution in [-0.2, 0) is 19.3 Å². The van der Waals surface area contributed by atoms with Crippen molar-refractivity contribution in [2.45, 2.75) is 0 Å². The van der Waals surface area contributed by atoms with Crippen molar-refractivity contribution >= 4 is 39.2 Å². The molecule has 0 saturated carbocycles. The van der Waals surface area contributed by atoms with Gasteiger partial charge >= 0.3 is 26.3 Å². The van der Waals surface area contributed by atoms with E-state index in [0.29, 0.717) is 0 Å². The first-order chi connectivity index (χ1) is 4.74. The maximum absolute atomic E-state index is 8.70. The molecule has 0 radical (unpaired) electrons. The van der Waals surface area contributed by atoms with E-state index in [1.807, 2.05) is 0 Å². The van der Waals surface area contributed by atoms with Gasteiger partial charge < -0.3 is 15.1 Å². The Bertz CT molecular complexity index is 68.1. The fourth-order valence-electron chi connectivity index (χ4n) is 0. The molecule has 0 unspecified atom stereocenters. The molecule has 11 heavy (non-hydrogen) atoms. The van der Waals surface area contributed by atoms with E-state index < -0.39 is 0 Å². The van der Waals surface area contributed by atoms with Crippen molar-refractivity contribution in [2.24, 2.45) is 0 Å². The maximum atomic E-state index is 8.70. The third-order valence-electron chi connectivity index (χ3n) is 0.0430. The SMILES string of the molecule is O=CO.O=CO.O=COO.[GaH3]. The second kappa shape index (κ2) is 63.9. The van der Waals surface area contributed by atoms with Gasteiger partial charge in [0.25, 0.3) is 12.9 Å². The predicted octanol–water partition coefficient (Wildman–Crippen LogP) is -2.15. The van der Waals surface area contributed by atoms with Crippen molar-refractivity contribution in [3.63, 3.8) is 0 Å². The van der Waals surface area contributed by atoms with Crippen LogP contribution in [0.25, 0.3) is 0 Å². The van der Waals surface area contributed by atoms with Crippen LogP contribution in [0.5, 0.6) is 0 Å². The van der Waals surface area contributed by atoms with Crippen LogP contribution in [0.15, 0.2) is 0 Å². The first kappa shape index (κ1) is 22.5. The number of hydrogen-bond donors (Lipinski definition) is 3. The van der Waals surface area contributed by atoms with Crippen molar-refractivity contribution in [1.29, 1.82) is 0 Å². The first-order valence-electron chi connectivity index (χ1n) is 1.64. The molecule has 0 aliphatic heterocycles. The molecular weight excluding hydrogens is 218 g/mol. The molecule has 0 atom stereocenters. The summed E-state index contributed by atoms with van der Waals surface area (Å²) in [6.45, 7) is -0.569. The molecule has 0 rings (SSSR count). The fourth-order valence-corrected chi connectivity index (χ4v) is 0. The van der Waals surface area contributed by atoms with Gasteiger partial charge in [0.15, 0.2) is 0 Å². The standard InChI is InChI=1S/CH2O3.2CH2O2.Ga.3H/c2-1-4-3;2*2-1-3;;;;/h1,3H;2*1H,(H,2,3);;;;. The predicted molar refractivity (Wildman–Crippen MR) is 37.1 cm³/mol. The Balaban J connectivity index is -0.0000000325. The van der Waals surface area contributed by atoms with Crippen LogP contribution in [-0.4, -0.2) is 54.7 Å². The summed E-state index contributed by atoms with van der Waals surface area (Å²) in [6.07, 6.45) is 0. The van der Waals surface area contributed by atoms with Gasteiger partial charge in [0.05, 0.1) is 0 Å². The zero-order valence-electron chi connectivity index (χ0n) is 4.71. The molecule has 0 bridgehead atoms.